The minimum atomic E-state index is -0.0742. The number of carbonyl (C=O) groups excluding carboxylic acids is 1. The predicted molar refractivity (Wildman–Crippen MR) is 112 cm³/mol. The lowest BCUT2D eigenvalue weighted by Crippen LogP contribution is -2.18. The van der Waals surface area contributed by atoms with Gasteiger partial charge in [0.1, 0.15) is 0 Å². The Kier molecular flexibility index (Phi) is 6.01. The van der Waals surface area contributed by atoms with Gasteiger partial charge in [-0.15, -0.1) is 10.2 Å². The van der Waals surface area contributed by atoms with E-state index in [4.69, 9.17) is 9.15 Å². The molecule has 4 rings (SSSR count). The largest absolute Gasteiger partial charge is 0.461 e. The minimum absolute atomic E-state index is 0.0742. The Balaban J connectivity index is 1.47. The topological polar surface area (TPSA) is 82.2 Å². The molecule has 0 radical (unpaired) electrons. The Morgan fingerprint density at radius 3 is 2.93 bits per heavy atom. The van der Waals surface area contributed by atoms with Crippen LogP contribution in [0.2, 0.25) is 0 Å². The molecule has 3 aromatic rings. The number of aryl methyl sites for hydroxylation is 1. The average molecular weight is 413 g/mol. The van der Waals surface area contributed by atoms with Crippen LogP contribution in [0.5, 0.6) is 0 Å². The highest BCUT2D eigenvalue weighted by atomic mass is 32.2. The summed E-state index contributed by atoms with van der Waals surface area (Å²) < 4.78 is 13.3. The van der Waals surface area contributed by atoms with Crippen molar-refractivity contribution in [3.05, 3.63) is 47.7 Å². The lowest BCUT2D eigenvalue weighted by molar-refractivity contribution is -0.113. The third kappa shape index (κ3) is 4.54. The zero-order chi connectivity index (χ0) is 20.2. The third-order valence-corrected chi connectivity index (χ3v) is 6.05. The van der Waals surface area contributed by atoms with Gasteiger partial charge in [0.25, 0.3) is 0 Å². The lowest BCUT2D eigenvalue weighted by atomic mass is 10.1. The molecule has 1 aliphatic heterocycles. The van der Waals surface area contributed by atoms with Crippen LogP contribution in [0.15, 0.2) is 46.2 Å². The van der Waals surface area contributed by atoms with Crippen molar-refractivity contribution in [2.75, 3.05) is 17.7 Å². The molecule has 0 spiro atoms. The summed E-state index contributed by atoms with van der Waals surface area (Å²) in [4.78, 5) is 12.5. The Morgan fingerprint density at radius 2 is 2.17 bits per heavy atom. The van der Waals surface area contributed by atoms with Gasteiger partial charge in [0.2, 0.25) is 11.7 Å². The molecule has 7 nitrogen and oxygen atoms in total. The molecule has 0 aliphatic carbocycles. The fourth-order valence-corrected chi connectivity index (χ4v) is 4.09. The average Bonchev–Trinajstić information content (AvgIpc) is 3.46. The molecule has 1 N–H and O–H groups in total. The van der Waals surface area contributed by atoms with E-state index in [9.17, 15) is 4.79 Å². The summed E-state index contributed by atoms with van der Waals surface area (Å²) in [5.74, 6) is 1.48. The molecule has 1 fully saturated rings. The molecule has 3 heterocycles. The van der Waals surface area contributed by atoms with E-state index in [0.29, 0.717) is 23.3 Å². The molecular formula is C21H24N4O3S. The van der Waals surface area contributed by atoms with Crippen molar-refractivity contribution in [2.45, 2.75) is 44.5 Å². The van der Waals surface area contributed by atoms with Crippen LogP contribution in [-0.4, -0.2) is 39.1 Å². The van der Waals surface area contributed by atoms with Crippen LogP contribution in [0.1, 0.15) is 24.0 Å². The van der Waals surface area contributed by atoms with Crippen molar-refractivity contribution in [3.63, 3.8) is 0 Å². The van der Waals surface area contributed by atoms with Crippen LogP contribution in [0, 0.1) is 13.8 Å². The lowest BCUT2D eigenvalue weighted by Gasteiger charge is -2.14. The van der Waals surface area contributed by atoms with Crippen LogP contribution in [0.4, 0.5) is 5.69 Å². The summed E-state index contributed by atoms with van der Waals surface area (Å²) in [7, 11) is 0. The number of hydrogen-bond donors (Lipinski definition) is 1. The number of ether oxygens (including phenoxy) is 1. The van der Waals surface area contributed by atoms with Crippen molar-refractivity contribution in [1.29, 1.82) is 0 Å². The van der Waals surface area contributed by atoms with Gasteiger partial charge in [-0.3, -0.25) is 9.36 Å². The van der Waals surface area contributed by atoms with Crippen LogP contribution in [0.3, 0.4) is 0 Å². The molecule has 1 saturated heterocycles. The van der Waals surface area contributed by atoms with Gasteiger partial charge >= 0.3 is 0 Å². The second kappa shape index (κ2) is 8.84. The number of aromatic nitrogens is 3. The quantitative estimate of drug-likeness (QED) is 0.589. The van der Waals surface area contributed by atoms with E-state index < -0.39 is 0 Å². The number of nitrogens with one attached hydrogen (secondary N) is 1. The highest BCUT2D eigenvalue weighted by molar-refractivity contribution is 7.99. The fraction of sp³-hybridized carbons (Fsp3) is 0.381. The first-order valence-corrected chi connectivity index (χ1v) is 10.7. The van der Waals surface area contributed by atoms with E-state index >= 15 is 0 Å². The fourth-order valence-electron chi connectivity index (χ4n) is 3.34. The maximum Gasteiger partial charge on any atom is 0.234 e. The summed E-state index contributed by atoms with van der Waals surface area (Å²) in [5.41, 5.74) is 3.06. The number of amides is 1. The van der Waals surface area contributed by atoms with Crippen LogP contribution < -0.4 is 5.32 Å². The Morgan fingerprint density at radius 1 is 1.28 bits per heavy atom. The van der Waals surface area contributed by atoms with Crippen LogP contribution in [0.25, 0.3) is 11.6 Å². The van der Waals surface area contributed by atoms with Gasteiger partial charge in [-0.2, -0.15) is 0 Å². The number of nitrogens with zero attached hydrogens (tertiary/aromatic N) is 3. The highest BCUT2D eigenvalue weighted by Crippen LogP contribution is 2.27. The van der Waals surface area contributed by atoms with Crippen molar-refractivity contribution in [3.8, 4) is 11.6 Å². The van der Waals surface area contributed by atoms with Gasteiger partial charge in [-0.1, -0.05) is 23.9 Å². The summed E-state index contributed by atoms with van der Waals surface area (Å²) in [6.45, 7) is 5.46. The molecular weight excluding hydrogens is 388 g/mol. The summed E-state index contributed by atoms with van der Waals surface area (Å²) in [5, 5.41) is 12.3. The molecule has 1 amide bonds. The molecule has 2 aromatic heterocycles. The number of benzene rings is 1. The third-order valence-electron chi connectivity index (χ3n) is 5.08. The number of furan rings is 1. The van der Waals surface area contributed by atoms with Gasteiger partial charge in [0.15, 0.2) is 10.9 Å². The Hall–Kier alpha value is -2.58. The van der Waals surface area contributed by atoms with E-state index in [-0.39, 0.29) is 17.8 Å². The normalized spacial score (nSPS) is 16.3. The predicted octanol–water partition coefficient (Wildman–Crippen LogP) is 4.06. The number of anilines is 1. The zero-order valence-electron chi connectivity index (χ0n) is 16.6. The molecule has 1 aromatic carbocycles. The summed E-state index contributed by atoms with van der Waals surface area (Å²) in [6.07, 6.45) is 3.81. The monoisotopic (exact) mass is 412 g/mol. The highest BCUT2D eigenvalue weighted by Gasteiger charge is 2.23. The molecule has 1 aliphatic rings. The molecule has 8 heteroatoms. The van der Waals surface area contributed by atoms with Gasteiger partial charge in [-0.05, 0) is 56.0 Å². The SMILES string of the molecule is Cc1cccc(NC(=O)CSc2nnc(-c3ccco3)n2CC2CCCO2)c1C. The molecule has 0 bridgehead atoms. The zero-order valence-corrected chi connectivity index (χ0v) is 17.4. The van der Waals surface area contributed by atoms with E-state index in [1.807, 2.05) is 48.7 Å². The molecule has 152 valence electrons. The molecule has 29 heavy (non-hydrogen) atoms. The van der Waals surface area contributed by atoms with Gasteiger partial charge in [-0.25, -0.2) is 0 Å². The number of hydrogen-bond acceptors (Lipinski definition) is 6. The smallest absolute Gasteiger partial charge is 0.234 e. The van der Waals surface area contributed by atoms with Crippen molar-refractivity contribution in [2.24, 2.45) is 0 Å². The Labute approximate surface area is 173 Å². The van der Waals surface area contributed by atoms with Gasteiger partial charge in [0.05, 0.1) is 24.7 Å². The first-order chi connectivity index (χ1) is 14.1. The van der Waals surface area contributed by atoms with E-state index in [1.165, 1.54) is 11.8 Å². The molecule has 1 unspecified atom stereocenters. The number of carbonyl (C=O) groups is 1. The van der Waals surface area contributed by atoms with Gasteiger partial charge < -0.3 is 14.5 Å². The maximum atomic E-state index is 12.5. The van der Waals surface area contributed by atoms with E-state index in [1.54, 1.807) is 6.26 Å². The first-order valence-electron chi connectivity index (χ1n) is 9.69. The number of thioether (sulfide) groups is 1. The summed E-state index contributed by atoms with van der Waals surface area (Å²) >= 11 is 1.37. The van der Waals surface area contributed by atoms with E-state index in [0.717, 1.165) is 36.3 Å². The molecule has 0 saturated carbocycles. The second-order valence-electron chi connectivity index (χ2n) is 7.11. The number of rotatable bonds is 7. The minimum Gasteiger partial charge on any atom is -0.461 e. The standard InChI is InChI=1S/C21H24N4O3S/c1-14-6-3-8-17(15(14)2)22-19(26)13-29-21-24-23-20(18-9-5-11-28-18)25(21)12-16-7-4-10-27-16/h3,5-6,8-9,11,16H,4,7,10,12-13H2,1-2H3,(H,22,26). The van der Waals surface area contributed by atoms with Crippen LogP contribution in [-0.2, 0) is 16.1 Å². The second-order valence-corrected chi connectivity index (χ2v) is 8.06. The van der Waals surface area contributed by atoms with Crippen molar-refractivity contribution in [1.82, 2.24) is 14.8 Å². The van der Waals surface area contributed by atoms with Crippen molar-refractivity contribution >= 4 is 23.4 Å². The van der Waals surface area contributed by atoms with Crippen LogP contribution >= 0.6 is 11.8 Å². The summed E-state index contributed by atoms with van der Waals surface area (Å²) in [6, 6.07) is 9.57. The Bertz CT molecular complexity index is 978. The van der Waals surface area contributed by atoms with E-state index in [2.05, 4.69) is 15.5 Å². The first kappa shape index (κ1) is 19.7. The van der Waals surface area contributed by atoms with Gasteiger partial charge in [0, 0.05) is 12.3 Å². The molecule has 1 atom stereocenters. The van der Waals surface area contributed by atoms with Crippen molar-refractivity contribution < 1.29 is 13.9 Å². The maximum absolute atomic E-state index is 12.5.